The lowest BCUT2D eigenvalue weighted by Crippen LogP contribution is -2.32. The topological polar surface area (TPSA) is 106 Å². The van der Waals surface area contributed by atoms with E-state index in [0.29, 0.717) is 31.7 Å². The third-order valence-corrected chi connectivity index (χ3v) is 8.16. The smallest absolute Gasteiger partial charge is 0.341 e. The van der Waals surface area contributed by atoms with Gasteiger partial charge in [-0.05, 0) is 68.2 Å². The summed E-state index contributed by atoms with van der Waals surface area (Å²) < 4.78 is 17.4. The fourth-order valence-electron chi connectivity index (χ4n) is 6.09. The maximum Gasteiger partial charge on any atom is 0.341 e. The fourth-order valence-corrected chi connectivity index (χ4v) is 6.09. The first kappa shape index (κ1) is 27.4. The molecule has 4 aromatic rings. The van der Waals surface area contributed by atoms with Gasteiger partial charge in [-0.1, -0.05) is 18.2 Å². The third-order valence-electron chi connectivity index (χ3n) is 8.16. The van der Waals surface area contributed by atoms with Crippen LogP contribution in [-0.4, -0.2) is 64.8 Å². The molecule has 0 bridgehead atoms. The largest absolute Gasteiger partial charge is 0.477 e. The maximum atomic E-state index is 15.9. The number of pyridine rings is 2. The number of nitrogens with zero attached hydrogens (tertiary/aromatic N) is 6. The van der Waals surface area contributed by atoms with Gasteiger partial charge in [0.2, 0.25) is 5.43 Å². The van der Waals surface area contributed by atoms with Crippen molar-refractivity contribution in [3.63, 3.8) is 0 Å². The number of aromatic carboxylic acids is 1. The van der Waals surface area contributed by atoms with Gasteiger partial charge in [-0.3, -0.25) is 9.69 Å². The van der Waals surface area contributed by atoms with E-state index in [1.165, 1.54) is 19.0 Å². The van der Waals surface area contributed by atoms with Crippen molar-refractivity contribution in [2.75, 3.05) is 49.1 Å². The summed E-state index contributed by atoms with van der Waals surface area (Å²) in [6.45, 7) is 5.17. The second kappa shape index (κ2) is 11.6. The van der Waals surface area contributed by atoms with Crippen molar-refractivity contribution in [1.82, 2.24) is 14.5 Å². The minimum absolute atomic E-state index is 0.00599. The SMILES string of the molecule is N#Cc1c(N2CCCN(c3ccccn3)CC2)c(F)cc2c(=O)c(C(=O)O)cn(-c3ccc(CN4CCCC4)cc3)c12. The highest BCUT2D eigenvalue weighted by Gasteiger charge is 2.27. The molecule has 10 heteroatoms. The Morgan fingerprint density at radius 3 is 2.40 bits per heavy atom. The van der Waals surface area contributed by atoms with E-state index in [1.807, 2.05) is 47.4 Å². The molecule has 42 heavy (non-hydrogen) atoms. The van der Waals surface area contributed by atoms with Crippen LogP contribution in [0.15, 0.2) is 65.7 Å². The summed E-state index contributed by atoms with van der Waals surface area (Å²) in [4.78, 5) is 36.1. The van der Waals surface area contributed by atoms with Crippen LogP contribution in [0, 0.1) is 17.1 Å². The van der Waals surface area contributed by atoms with E-state index in [2.05, 4.69) is 20.9 Å². The van der Waals surface area contributed by atoms with E-state index in [4.69, 9.17) is 0 Å². The normalized spacial score (nSPS) is 16.0. The number of aromatic nitrogens is 2. The standard InChI is InChI=1S/C32H31FN6O3/c33-27-18-24-29(25(19-34)30(27)38-15-5-14-37(16-17-38)28-6-1-2-11-35-28)39(21-26(31(24)40)32(41)42)23-9-7-22(8-10-23)20-36-12-3-4-13-36/h1-2,6-11,18,21H,3-5,12-17,20H2,(H,41,42). The number of rotatable bonds is 6. The minimum Gasteiger partial charge on any atom is -0.477 e. The van der Waals surface area contributed by atoms with Crippen molar-refractivity contribution in [2.45, 2.75) is 25.8 Å². The molecule has 6 rings (SSSR count). The Labute approximate surface area is 242 Å². The number of fused-ring (bicyclic) bond motifs is 1. The van der Waals surface area contributed by atoms with Crippen LogP contribution in [0.4, 0.5) is 15.9 Å². The van der Waals surface area contributed by atoms with E-state index >= 15 is 4.39 Å². The van der Waals surface area contributed by atoms with E-state index < -0.39 is 22.8 Å². The molecule has 4 heterocycles. The molecule has 214 valence electrons. The second-order valence-corrected chi connectivity index (χ2v) is 10.8. The highest BCUT2D eigenvalue weighted by atomic mass is 19.1. The lowest BCUT2D eigenvalue weighted by atomic mass is 10.0. The monoisotopic (exact) mass is 566 g/mol. The first-order valence-electron chi connectivity index (χ1n) is 14.2. The average Bonchev–Trinajstić information content (AvgIpc) is 3.39. The molecule has 0 saturated carbocycles. The van der Waals surface area contributed by atoms with Gasteiger partial charge in [0.1, 0.15) is 28.8 Å². The van der Waals surface area contributed by atoms with Gasteiger partial charge in [-0.15, -0.1) is 0 Å². The van der Waals surface area contributed by atoms with Crippen LogP contribution in [0.1, 0.15) is 40.7 Å². The third kappa shape index (κ3) is 5.19. The molecule has 0 spiro atoms. The molecular formula is C32H31FN6O3. The van der Waals surface area contributed by atoms with Gasteiger partial charge in [0.15, 0.2) is 0 Å². The summed E-state index contributed by atoms with van der Waals surface area (Å²) in [5, 5.41) is 20.1. The van der Waals surface area contributed by atoms with Gasteiger partial charge in [-0.25, -0.2) is 14.2 Å². The van der Waals surface area contributed by atoms with Crippen molar-refractivity contribution in [2.24, 2.45) is 0 Å². The second-order valence-electron chi connectivity index (χ2n) is 10.8. The molecule has 2 aliphatic rings. The van der Waals surface area contributed by atoms with Crippen LogP contribution in [0.25, 0.3) is 16.6 Å². The van der Waals surface area contributed by atoms with E-state index in [0.717, 1.165) is 43.6 Å². The van der Waals surface area contributed by atoms with Crippen LogP contribution >= 0.6 is 0 Å². The van der Waals surface area contributed by atoms with Gasteiger partial charge in [0, 0.05) is 50.8 Å². The molecule has 2 aromatic carbocycles. The zero-order valence-electron chi connectivity index (χ0n) is 23.2. The van der Waals surface area contributed by atoms with Gasteiger partial charge in [-0.2, -0.15) is 5.26 Å². The number of benzene rings is 2. The number of carboxylic acid groups (broad SMARTS) is 1. The van der Waals surface area contributed by atoms with Crippen LogP contribution in [-0.2, 0) is 6.54 Å². The zero-order valence-corrected chi connectivity index (χ0v) is 23.2. The van der Waals surface area contributed by atoms with Crippen molar-refractivity contribution >= 4 is 28.4 Å². The summed E-state index contributed by atoms with van der Waals surface area (Å²) in [7, 11) is 0. The highest BCUT2D eigenvalue weighted by Crippen LogP contribution is 2.33. The molecule has 0 atom stereocenters. The van der Waals surface area contributed by atoms with E-state index in [9.17, 15) is 20.0 Å². The fraction of sp³-hybridized carbons (Fsp3) is 0.312. The van der Waals surface area contributed by atoms with E-state index in [-0.39, 0.29) is 22.2 Å². The lowest BCUT2D eigenvalue weighted by Gasteiger charge is -2.26. The number of likely N-dealkylation sites (tertiary alicyclic amines) is 1. The van der Waals surface area contributed by atoms with Gasteiger partial charge in [0.05, 0.1) is 16.6 Å². The minimum atomic E-state index is -1.41. The molecule has 0 unspecified atom stereocenters. The molecule has 2 aromatic heterocycles. The lowest BCUT2D eigenvalue weighted by molar-refractivity contribution is 0.0695. The zero-order chi connectivity index (χ0) is 29.2. The Morgan fingerprint density at radius 1 is 0.976 bits per heavy atom. The Bertz CT molecular complexity index is 1730. The van der Waals surface area contributed by atoms with Gasteiger partial charge < -0.3 is 19.5 Å². The molecule has 2 fully saturated rings. The molecule has 2 saturated heterocycles. The first-order chi connectivity index (χ1) is 20.4. The highest BCUT2D eigenvalue weighted by molar-refractivity contribution is 5.97. The van der Waals surface area contributed by atoms with E-state index in [1.54, 1.807) is 10.8 Å². The molecular weight excluding hydrogens is 535 g/mol. The predicted molar refractivity (Wildman–Crippen MR) is 159 cm³/mol. The van der Waals surface area contributed by atoms with Crippen molar-refractivity contribution < 1.29 is 14.3 Å². The van der Waals surface area contributed by atoms with Crippen LogP contribution in [0.3, 0.4) is 0 Å². The number of halogens is 1. The summed E-state index contributed by atoms with van der Waals surface area (Å²) >= 11 is 0. The molecule has 2 aliphatic heterocycles. The molecule has 0 aliphatic carbocycles. The molecule has 1 N–H and O–H groups in total. The van der Waals surface area contributed by atoms with Crippen LogP contribution in [0.5, 0.6) is 0 Å². The summed E-state index contributed by atoms with van der Waals surface area (Å²) in [5.74, 6) is -1.30. The summed E-state index contributed by atoms with van der Waals surface area (Å²) in [5.41, 5.74) is 0.708. The Hall–Kier alpha value is -4.75. The Balaban J connectivity index is 1.45. The van der Waals surface area contributed by atoms with Crippen LogP contribution in [0.2, 0.25) is 0 Å². The maximum absolute atomic E-state index is 15.9. The summed E-state index contributed by atoms with van der Waals surface area (Å²) in [6.07, 6.45) is 6.07. The number of carboxylic acids is 1. The van der Waals surface area contributed by atoms with Crippen molar-refractivity contribution in [3.05, 3.63) is 93.7 Å². The number of anilines is 2. The Kier molecular flexibility index (Phi) is 7.59. The number of hydrogen-bond donors (Lipinski definition) is 1. The van der Waals surface area contributed by atoms with Gasteiger partial charge >= 0.3 is 5.97 Å². The summed E-state index contributed by atoms with van der Waals surface area (Å²) in [6, 6.07) is 16.6. The van der Waals surface area contributed by atoms with Gasteiger partial charge in [0.25, 0.3) is 0 Å². The Morgan fingerprint density at radius 2 is 1.71 bits per heavy atom. The first-order valence-corrected chi connectivity index (χ1v) is 14.2. The molecule has 0 radical (unpaired) electrons. The van der Waals surface area contributed by atoms with Crippen LogP contribution < -0.4 is 15.2 Å². The molecule has 0 amide bonds. The van der Waals surface area contributed by atoms with Crippen molar-refractivity contribution in [3.8, 4) is 11.8 Å². The molecule has 9 nitrogen and oxygen atoms in total. The quantitative estimate of drug-likeness (QED) is 0.366. The predicted octanol–water partition coefficient (Wildman–Crippen LogP) is 4.41. The number of nitriles is 1. The number of hydrogen-bond acceptors (Lipinski definition) is 7. The average molecular weight is 567 g/mol. The van der Waals surface area contributed by atoms with Crippen molar-refractivity contribution in [1.29, 1.82) is 5.26 Å². The number of carbonyl (C=O) groups is 1.